The highest BCUT2D eigenvalue weighted by atomic mass is 35.5. The zero-order chi connectivity index (χ0) is 12.3. The molecular weight excluding hydrogens is 295 g/mol. The summed E-state index contributed by atoms with van der Waals surface area (Å²) in [5, 5.41) is 7.12. The van der Waals surface area contributed by atoms with Crippen LogP contribution in [0.2, 0.25) is 10.0 Å². The number of nitrogens with one attached hydrogen (secondary N) is 2. The summed E-state index contributed by atoms with van der Waals surface area (Å²) in [7, 11) is 0. The monoisotopic (exact) mass is 308 g/mol. The average Bonchev–Trinajstić information content (AvgIpc) is 2.82. The van der Waals surface area contributed by atoms with Crippen LogP contribution in [-0.2, 0) is 0 Å². The van der Waals surface area contributed by atoms with Crippen LogP contribution in [0.1, 0.15) is 23.2 Å². The van der Waals surface area contributed by atoms with E-state index in [2.05, 4.69) is 10.6 Å². The third-order valence-electron chi connectivity index (χ3n) is 2.84. The zero-order valence-electron chi connectivity index (χ0n) is 9.71. The molecule has 1 unspecified atom stereocenters. The molecule has 1 aliphatic heterocycles. The van der Waals surface area contributed by atoms with Gasteiger partial charge in [-0.05, 0) is 37.6 Å². The molecule has 1 saturated heterocycles. The maximum atomic E-state index is 11.9. The highest BCUT2D eigenvalue weighted by Gasteiger charge is 2.16. The second-order valence-corrected chi connectivity index (χ2v) is 4.97. The summed E-state index contributed by atoms with van der Waals surface area (Å²) in [6, 6.07) is 5.25. The van der Waals surface area contributed by atoms with Crippen molar-refractivity contribution in [2.75, 3.05) is 13.1 Å². The Bertz CT molecular complexity index is 420. The molecule has 1 fully saturated rings. The molecule has 0 aromatic heterocycles. The third-order valence-corrected chi connectivity index (χ3v) is 3.41. The van der Waals surface area contributed by atoms with Crippen molar-refractivity contribution in [1.29, 1.82) is 0 Å². The van der Waals surface area contributed by atoms with E-state index < -0.39 is 0 Å². The first-order valence-electron chi connectivity index (χ1n) is 5.63. The Hall–Kier alpha value is -0.480. The highest BCUT2D eigenvalue weighted by molar-refractivity contribution is 6.35. The first kappa shape index (κ1) is 15.6. The molecule has 1 aromatic carbocycles. The van der Waals surface area contributed by atoms with Crippen molar-refractivity contribution < 1.29 is 4.79 Å². The number of halogens is 3. The molecule has 0 radical (unpaired) electrons. The predicted molar refractivity (Wildman–Crippen MR) is 77.1 cm³/mol. The molecule has 0 bridgehead atoms. The first-order valence-corrected chi connectivity index (χ1v) is 6.39. The Morgan fingerprint density at radius 1 is 1.44 bits per heavy atom. The van der Waals surface area contributed by atoms with E-state index in [0.717, 1.165) is 13.0 Å². The summed E-state index contributed by atoms with van der Waals surface area (Å²) < 4.78 is 0. The van der Waals surface area contributed by atoms with Gasteiger partial charge < -0.3 is 10.6 Å². The van der Waals surface area contributed by atoms with Gasteiger partial charge in [0.25, 0.3) is 5.91 Å². The quantitative estimate of drug-likeness (QED) is 0.901. The fourth-order valence-corrected chi connectivity index (χ4v) is 2.29. The summed E-state index contributed by atoms with van der Waals surface area (Å²) in [5.41, 5.74) is 0.428. The molecule has 0 saturated carbocycles. The zero-order valence-corrected chi connectivity index (χ0v) is 12.0. The fraction of sp³-hybridized carbons (Fsp3) is 0.417. The Morgan fingerprint density at radius 3 is 2.89 bits per heavy atom. The van der Waals surface area contributed by atoms with E-state index in [4.69, 9.17) is 23.2 Å². The molecule has 100 valence electrons. The Morgan fingerprint density at radius 2 is 2.22 bits per heavy atom. The van der Waals surface area contributed by atoms with Crippen LogP contribution in [0, 0.1) is 0 Å². The number of carbonyl (C=O) groups is 1. The summed E-state index contributed by atoms with van der Waals surface area (Å²) in [5.74, 6) is -0.175. The number of benzene rings is 1. The van der Waals surface area contributed by atoms with Gasteiger partial charge in [-0.25, -0.2) is 0 Å². The molecule has 1 heterocycles. The van der Waals surface area contributed by atoms with E-state index >= 15 is 0 Å². The number of hydrogen-bond acceptors (Lipinski definition) is 2. The van der Waals surface area contributed by atoms with E-state index in [1.165, 1.54) is 6.42 Å². The van der Waals surface area contributed by atoms with Gasteiger partial charge in [0.15, 0.2) is 0 Å². The second-order valence-electron chi connectivity index (χ2n) is 4.13. The van der Waals surface area contributed by atoms with Gasteiger partial charge in [-0.15, -0.1) is 12.4 Å². The van der Waals surface area contributed by atoms with Gasteiger partial charge in [0, 0.05) is 17.6 Å². The van der Waals surface area contributed by atoms with Crippen molar-refractivity contribution in [3.63, 3.8) is 0 Å². The van der Waals surface area contributed by atoms with Crippen molar-refractivity contribution in [2.24, 2.45) is 0 Å². The van der Waals surface area contributed by atoms with Crippen LogP contribution >= 0.6 is 35.6 Å². The van der Waals surface area contributed by atoms with Gasteiger partial charge in [0.05, 0.1) is 10.6 Å². The van der Waals surface area contributed by atoms with Crippen LogP contribution in [0.4, 0.5) is 0 Å². The van der Waals surface area contributed by atoms with Crippen LogP contribution < -0.4 is 10.6 Å². The molecule has 1 amide bonds. The van der Waals surface area contributed by atoms with Crippen LogP contribution in [-0.4, -0.2) is 25.0 Å². The Balaban J connectivity index is 0.00000162. The molecule has 2 rings (SSSR count). The fourth-order valence-electron chi connectivity index (χ4n) is 1.91. The molecule has 6 heteroatoms. The van der Waals surface area contributed by atoms with Crippen LogP contribution in [0.25, 0.3) is 0 Å². The van der Waals surface area contributed by atoms with Crippen molar-refractivity contribution >= 4 is 41.5 Å². The normalized spacial score (nSPS) is 18.2. The summed E-state index contributed by atoms with van der Waals surface area (Å²) in [6.07, 6.45) is 2.27. The lowest BCUT2D eigenvalue weighted by Gasteiger charge is -2.12. The van der Waals surface area contributed by atoms with Crippen LogP contribution in [0.3, 0.4) is 0 Å². The summed E-state index contributed by atoms with van der Waals surface area (Å²) in [6.45, 7) is 1.65. The molecule has 1 aromatic rings. The van der Waals surface area contributed by atoms with E-state index in [1.807, 2.05) is 0 Å². The highest BCUT2D eigenvalue weighted by Crippen LogP contribution is 2.20. The van der Waals surface area contributed by atoms with E-state index in [-0.39, 0.29) is 18.3 Å². The van der Waals surface area contributed by atoms with E-state index in [1.54, 1.807) is 18.2 Å². The summed E-state index contributed by atoms with van der Waals surface area (Å²) in [4.78, 5) is 11.9. The molecule has 0 spiro atoms. The van der Waals surface area contributed by atoms with Gasteiger partial charge in [0.1, 0.15) is 0 Å². The minimum atomic E-state index is -0.175. The maximum absolute atomic E-state index is 11.9. The largest absolute Gasteiger partial charge is 0.350 e. The topological polar surface area (TPSA) is 41.1 Å². The van der Waals surface area contributed by atoms with Crippen molar-refractivity contribution in [2.45, 2.75) is 18.9 Å². The lowest BCUT2D eigenvalue weighted by molar-refractivity contribution is 0.0950. The Kier molecular flexibility index (Phi) is 6.22. The standard InChI is InChI=1S/C12H14Cl2N2O.ClH/c13-8-3-4-11(14)10(6-8)12(17)16-7-9-2-1-5-15-9;/h3-4,6,9,15H,1-2,5,7H2,(H,16,17);1H. The third kappa shape index (κ3) is 4.02. The minimum absolute atomic E-state index is 0. The van der Waals surface area contributed by atoms with E-state index in [0.29, 0.717) is 28.2 Å². The molecule has 2 N–H and O–H groups in total. The molecule has 3 nitrogen and oxygen atoms in total. The number of rotatable bonds is 3. The van der Waals surface area contributed by atoms with Crippen LogP contribution in [0.5, 0.6) is 0 Å². The van der Waals surface area contributed by atoms with Gasteiger partial charge in [-0.2, -0.15) is 0 Å². The maximum Gasteiger partial charge on any atom is 0.252 e. The van der Waals surface area contributed by atoms with Gasteiger partial charge in [-0.1, -0.05) is 23.2 Å². The van der Waals surface area contributed by atoms with Crippen molar-refractivity contribution in [3.05, 3.63) is 33.8 Å². The molecule has 18 heavy (non-hydrogen) atoms. The molecular formula is C12H15Cl3N2O. The average molecular weight is 310 g/mol. The van der Waals surface area contributed by atoms with Gasteiger partial charge in [0.2, 0.25) is 0 Å². The SMILES string of the molecule is Cl.O=C(NCC1CCCN1)c1cc(Cl)ccc1Cl. The second kappa shape index (κ2) is 7.19. The molecule has 1 aliphatic rings. The predicted octanol–water partition coefficient (Wildman–Crippen LogP) is 2.90. The van der Waals surface area contributed by atoms with Crippen molar-refractivity contribution in [1.82, 2.24) is 10.6 Å². The minimum Gasteiger partial charge on any atom is -0.350 e. The number of amides is 1. The lowest BCUT2D eigenvalue weighted by atomic mass is 10.2. The van der Waals surface area contributed by atoms with Gasteiger partial charge >= 0.3 is 0 Å². The van der Waals surface area contributed by atoms with Crippen molar-refractivity contribution in [3.8, 4) is 0 Å². The first-order chi connectivity index (χ1) is 8.16. The number of hydrogen-bond donors (Lipinski definition) is 2. The number of carbonyl (C=O) groups excluding carboxylic acids is 1. The molecule has 0 aliphatic carbocycles. The van der Waals surface area contributed by atoms with E-state index in [9.17, 15) is 4.79 Å². The van der Waals surface area contributed by atoms with Crippen LogP contribution in [0.15, 0.2) is 18.2 Å². The Labute approximate surface area is 123 Å². The smallest absolute Gasteiger partial charge is 0.252 e. The van der Waals surface area contributed by atoms with Gasteiger partial charge in [-0.3, -0.25) is 4.79 Å². The summed E-state index contributed by atoms with van der Waals surface area (Å²) >= 11 is 11.8. The lowest BCUT2D eigenvalue weighted by Crippen LogP contribution is -2.37. The molecule has 1 atom stereocenters.